The summed E-state index contributed by atoms with van der Waals surface area (Å²) in [7, 11) is 0. The zero-order valence-electron chi connectivity index (χ0n) is 37.5. The maximum atomic E-state index is 9.92. The lowest BCUT2D eigenvalue weighted by Crippen LogP contribution is -2.26. The van der Waals surface area contributed by atoms with Crippen LogP contribution in [0.15, 0.2) is 212 Å². The van der Waals surface area contributed by atoms with Crippen molar-refractivity contribution in [2.75, 3.05) is 4.90 Å². The van der Waals surface area contributed by atoms with Gasteiger partial charge in [-0.1, -0.05) is 176 Å². The maximum Gasteiger partial charge on any atom is 0.0726 e. The minimum Gasteiger partial charge on any atom is -0.310 e. The fraction of sp³-hybridized carbons (Fsp3) is 0.0182. The molecule has 2 aliphatic carbocycles. The number of thiophene rings is 1. The summed E-state index contributed by atoms with van der Waals surface area (Å²) in [5, 5.41) is 2.10. The highest BCUT2D eigenvalue weighted by molar-refractivity contribution is 7.26. The SMILES string of the molecule is [2H]c1cc(N(c2cccc3c2-c2ccccc2C32c3ccccc3-c3ccccc32)c2c([2H])c([2H])c(-c3ccccc3)c([2H])c2[2H])c([2H])c([2H])c1-c1cccc2c1sc1ccccc12. The van der Waals surface area contributed by atoms with Crippen molar-refractivity contribution in [1.82, 2.24) is 0 Å². The van der Waals surface area contributed by atoms with Gasteiger partial charge in [0.05, 0.1) is 20.7 Å². The number of anilines is 3. The maximum absolute atomic E-state index is 9.92. The van der Waals surface area contributed by atoms with E-state index < -0.39 is 5.41 Å². The average molecular weight is 749 g/mol. The molecule has 12 rings (SSSR count). The lowest BCUT2D eigenvalue weighted by atomic mass is 9.70. The van der Waals surface area contributed by atoms with E-state index in [1.165, 1.54) is 0 Å². The molecule has 10 aromatic rings. The zero-order chi connectivity index (χ0) is 43.6. The molecule has 2 aliphatic rings. The van der Waals surface area contributed by atoms with Gasteiger partial charge in [0.15, 0.2) is 0 Å². The molecule has 57 heavy (non-hydrogen) atoms. The standard InChI is InChI=1S/C55H35NS/c1-2-14-36(15-3-1)37-28-32-39(33-29-37)56(40-34-30-38(31-35-40)41-20-12-21-45-44-18-7-11-27-52(44)57-54(41)45)51-26-13-25-50-53(51)46-19-6-10-24-49(46)55(50)47-22-8-4-16-42(47)43-17-5-9-23-48(43)55/h1-35H/i28D,29D,30D,31D,32D,33D,34D. The van der Waals surface area contributed by atoms with Crippen molar-refractivity contribution in [3.8, 4) is 44.5 Å². The molecule has 0 N–H and O–H groups in total. The summed E-state index contributed by atoms with van der Waals surface area (Å²) < 4.78 is 69.8. The van der Waals surface area contributed by atoms with Gasteiger partial charge in [-0.25, -0.2) is 0 Å². The molecular weight excluding hydrogens is 707 g/mol. The largest absolute Gasteiger partial charge is 0.310 e. The Bertz CT molecular complexity index is 3540. The summed E-state index contributed by atoms with van der Waals surface area (Å²) in [5.74, 6) is 0. The van der Waals surface area contributed by atoms with E-state index in [4.69, 9.17) is 0 Å². The van der Waals surface area contributed by atoms with Crippen molar-refractivity contribution in [2.24, 2.45) is 0 Å². The van der Waals surface area contributed by atoms with Crippen LogP contribution in [-0.4, -0.2) is 0 Å². The molecule has 0 fully saturated rings. The van der Waals surface area contributed by atoms with E-state index in [-0.39, 0.29) is 59.2 Å². The molecule has 0 saturated heterocycles. The summed E-state index contributed by atoms with van der Waals surface area (Å²) in [6, 6.07) is 54.4. The minimum atomic E-state index is -0.732. The highest BCUT2D eigenvalue weighted by Crippen LogP contribution is 2.64. The van der Waals surface area contributed by atoms with Crippen molar-refractivity contribution in [2.45, 2.75) is 5.41 Å². The van der Waals surface area contributed by atoms with E-state index in [0.717, 1.165) is 64.7 Å². The third-order valence-electron chi connectivity index (χ3n) is 11.7. The monoisotopic (exact) mass is 748 g/mol. The normalized spacial score (nSPS) is 14.8. The summed E-state index contributed by atoms with van der Waals surface area (Å²) in [5.41, 5.74) is 9.84. The molecule has 1 aromatic heterocycles. The Hall–Kier alpha value is -7.00. The number of hydrogen-bond donors (Lipinski definition) is 0. The Labute approximate surface area is 346 Å². The molecule has 0 aliphatic heterocycles. The molecule has 0 unspecified atom stereocenters. The molecule has 1 nitrogen and oxygen atoms in total. The summed E-state index contributed by atoms with van der Waals surface area (Å²) in [4.78, 5) is 1.62. The molecule has 2 heteroatoms. The average Bonchev–Trinajstić information content (AvgIpc) is 3.96. The second kappa shape index (κ2) is 12.5. The van der Waals surface area contributed by atoms with Crippen LogP contribution in [0, 0.1) is 0 Å². The molecule has 0 amide bonds. The number of hydrogen-bond acceptors (Lipinski definition) is 2. The molecule has 1 heterocycles. The number of nitrogens with zero attached hydrogens (tertiary/aromatic N) is 1. The predicted molar refractivity (Wildman–Crippen MR) is 241 cm³/mol. The molecule has 0 atom stereocenters. The summed E-state index contributed by atoms with van der Waals surface area (Å²) in [6.07, 6.45) is 0. The Morgan fingerprint density at radius 1 is 0.386 bits per heavy atom. The van der Waals surface area contributed by atoms with E-state index >= 15 is 0 Å². The van der Waals surface area contributed by atoms with Gasteiger partial charge in [-0.05, 0) is 97.5 Å². The Morgan fingerprint density at radius 3 is 1.72 bits per heavy atom. The van der Waals surface area contributed by atoms with Gasteiger partial charge in [-0.2, -0.15) is 0 Å². The van der Waals surface area contributed by atoms with Gasteiger partial charge in [0, 0.05) is 37.1 Å². The van der Waals surface area contributed by atoms with Crippen molar-refractivity contribution in [1.29, 1.82) is 0 Å². The number of benzene rings is 9. The first kappa shape index (κ1) is 26.0. The van der Waals surface area contributed by atoms with Gasteiger partial charge < -0.3 is 4.90 Å². The van der Waals surface area contributed by atoms with Gasteiger partial charge in [-0.3, -0.25) is 0 Å². The highest BCUT2D eigenvalue weighted by Gasteiger charge is 2.52. The topological polar surface area (TPSA) is 3.24 Å². The lowest BCUT2D eigenvalue weighted by Gasteiger charge is -2.32. The van der Waals surface area contributed by atoms with Gasteiger partial charge in [-0.15, -0.1) is 11.3 Å². The van der Waals surface area contributed by atoms with E-state index in [2.05, 4.69) is 84.9 Å². The molecule has 0 bridgehead atoms. The summed E-state index contributed by atoms with van der Waals surface area (Å²) in [6.45, 7) is 0. The van der Waals surface area contributed by atoms with E-state index in [0.29, 0.717) is 22.4 Å². The van der Waals surface area contributed by atoms with Crippen LogP contribution in [0.4, 0.5) is 17.1 Å². The first-order valence-corrected chi connectivity index (χ1v) is 19.9. The van der Waals surface area contributed by atoms with Crippen LogP contribution < -0.4 is 4.90 Å². The van der Waals surface area contributed by atoms with Crippen LogP contribution in [0.1, 0.15) is 31.8 Å². The predicted octanol–water partition coefficient (Wildman–Crippen LogP) is 15.2. The zero-order valence-corrected chi connectivity index (χ0v) is 31.3. The summed E-state index contributed by atoms with van der Waals surface area (Å²) >= 11 is 1.59. The smallest absolute Gasteiger partial charge is 0.0726 e. The van der Waals surface area contributed by atoms with Gasteiger partial charge in [0.25, 0.3) is 0 Å². The van der Waals surface area contributed by atoms with Crippen molar-refractivity contribution >= 4 is 48.6 Å². The van der Waals surface area contributed by atoms with Crippen LogP contribution in [0.5, 0.6) is 0 Å². The van der Waals surface area contributed by atoms with Gasteiger partial charge in [0.2, 0.25) is 0 Å². The molecule has 9 aromatic carbocycles. The first-order valence-electron chi connectivity index (χ1n) is 22.6. The minimum absolute atomic E-state index is 0.00483. The fourth-order valence-electron chi connectivity index (χ4n) is 9.40. The molecule has 0 radical (unpaired) electrons. The number of fused-ring (bicyclic) bond motifs is 13. The quantitative estimate of drug-likeness (QED) is 0.169. The van der Waals surface area contributed by atoms with E-state index in [1.807, 2.05) is 54.6 Å². The highest BCUT2D eigenvalue weighted by atomic mass is 32.1. The molecule has 1 spiro atoms. The van der Waals surface area contributed by atoms with E-state index in [1.54, 1.807) is 46.6 Å². The third-order valence-corrected chi connectivity index (χ3v) is 12.9. The molecular formula is C55H35NS. The van der Waals surface area contributed by atoms with Crippen LogP contribution in [-0.2, 0) is 5.41 Å². The van der Waals surface area contributed by atoms with Crippen molar-refractivity contribution in [3.63, 3.8) is 0 Å². The van der Waals surface area contributed by atoms with Crippen molar-refractivity contribution < 1.29 is 9.60 Å². The Balaban J connectivity index is 1.17. The van der Waals surface area contributed by atoms with Crippen LogP contribution in [0.2, 0.25) is 0 Å². The third kappa shape index (κ3) is 4.62. The second-order valence-electron chi connectivity index (χ2n) is 14.6. The van der Waals surface area contributed by atoms with Crippen LogP contribution in [0.3, 0.4) is 0 Å². The molecule has 266 valence electrons. The van der Waals surface area contributed by atoms with Crippen LogP contribution in [0.25, 0.3) is 64.7 Å². The van der Waals surface area contributed by atoms with Crippen LogP contribution >= 0.6 is 11.3 Å². The van der Waals surface area contributed by atoms with Crippen molar-refractivity contribution in [3.05, 3.63) is 234 Å². The first-order chi connectivity index (χ1) is 31.2. The van der Waals surface area contributed by atoms with E-state index in [9.17, 15) is 9.60 Å². The Kier molecular flexibility index (Phi) is 5.70. The number of rotatable bonds is 5. The molecule has 0 saturated carbocycles. The fourth-order valence-corrected chi connectivity index (χ4v) is 10.6. The lowest BCUT2D eigenvalue weighted by molar-refractivity contribution is 0.794. The van der Waals surface area contributed by atoms with Gasteiger partial charge in [0.1, 0.15) is 0 Å². The second-order valence-corrected chi connectivity index (χ2v) is 15.6. The van der Waals surface area contributed by atoms with Gasteiger partial charge >= 0.3 is 0 Å². The Morgan fingerprint density at radius 2 is 0.947 bits per heavy atom.